The first-order chi connectivity index (χ1) is 14.7. The standard InChI is InChI=1S/C22H28N4O5/c1-14(2)13-26(21(23)29)22(30)31-20(25-26)18(27)12-16-10-6-7-11-17(16)24-19(28)15-8-4-3-5-9-15/h3-5,8-9,14,16-17H,6-7,10-13H2,1-2H3,(H2-,23,24,28,29)/p+1/t16-,17+,26?/m1/s1. The van der Waals surface area contributed by atoms with Gasteiger partial charge in [0.1, 0.15) is 6.54 Å². The number of urea groups is 1. The van der Waals surface area contributed by atoms with Crippen molar-refractivity contribution in [2.45, 2.75) is 52.0 Å². The summed E-state index contributed by atoms with van der Waals surface area (Å²) in [5.41, 5.74) is 5.98. The van der Waals surface area contributed by atoms with Crippen LogP contribution in [0.15, 0.2) is 35.4 Å². The second-order valence-electron chi connectivity index (χ2n) is 8.58. The first-order valence-electron chi connectivity index (χ1n) is 10.6. The van der Waals surface area contributed by atoms with Crippen LogP contribution < -0.4 is 11.1 Å². The lowest BCUT2D eigenvalue weighted by atomic mass is 9.81. The Morgan fingerprint density at radius 2 is 1.87 bits per heavy atom. The fraction of sp³-hybridized carbons (Fsp3) is 0.500. The molecule has 3 N–H and O–H groups in total. The second kappa shape index (κ2) is 9.38. The molecular weight excluding hydrogens is 400 g/mol. The smallest absolute Gasteiger partial charge is 0.350 e. The molecule has 166 valence electrons. The van der Waals surface area contributed by atoms with Crippen molar-refractivity contribution in [3.8, 4) is 0 Å². The molecule has 1 aliphatic heterocycles. The number of nitrogens with zero attached hydrogens (tertiary/aromatic N) is 2. The van der Waals surface area contributed by atoms with Crippen molar-refractivity contribution in [1.29, 1.82) is 0 Å². The summed E-state index contributed by atoms with van der Waals surface area (Å²) in [5.74, 6) is -1.23. The van der Waals surface area contributed by atoms with Crippen LogP contribution in [-0.4, -0.2) is 46.9 Å². The lowest BCUT2D eigenvalue weighted by Gasteiger charge is -2.31. The Hall–Kier alpha value is -3.07. The highest BCUT2D eigenvalue weighted by Crippen LogP contribution is 2.29. The van der Waals surface area contributed by atoms with Gasteiger partial charge in [0.15, 0.2) is 0 Å². The van der Waals surface area contributed by atoms with Gasteiger partial charge in [-0.15, -0.1) is 0 Å². The van der Waals surface area contributed by atoms with Crippen molar-refractivity contribution in [3.05, 3.63) is 35.9 Å². The highest BCUT2D eigenvalue weighted by molar-refractivity contribution is 6.38. The topological polar surface area (TPSA) is 128 Å². The van der Waals surface area contributed by atoms with Gasteiger partial charge in [-0.3, -0.25) is 9.59 Å². The number of imide groups is 1. The summed E-state index contributed by atoms with van der Waals surface area (Å²) in [4.78, 5) is 49.8. The van der Waals surface area contributed by atoms with Crippen LogP contribution in [0.4, 0.5) is 9.59 Å². The number of nitrogens with two attached hydrogens (primary N) is 1. The van der Waals surface area contributed by atoms with Gasteiger partial charge in [-0.2, -0.15) is 4.79 Å². The molecule has 31 heavy (non-hydrogen) atoms. The fourth-order valence-electron chi connectivity index (χ4n) is 4.17. The summed E-state index contributed by atoms with van der Waals surface area (Å²) in [7, 11) is 0. The van der Waals surface area contributed by atoms with Crippen molar-refractivity contribution < 1.29 is 28.5 Å². The van der Waals surface area contributed by atoms with Gasteiger partial charge in [-0.1, -0.05) is 44.9 Å². The number of Topliss-reactive ketones (excluding diaryl/α,β-unsaturated/α-hetero) is 1. The maximum atomic E-state index is 12.9. The predicted octanol–water partition coefficient (Wildman–Crippen LogP) is 2.95. The number of cyclic esters (lactones) is 1. The van der Waals surface area contributed by atoms with E-state index in [0.717, 1.165) is 25.7 Å². The maximum absolute atomic E-state index is 12.9. The van der Waals surface area contributed by atoms with Crippen LogP contribution in [0.1, 0.15) is 56.3 Å². The zero-order chi connectivity index (χ0) is 22.6. The molecule has 9 nitrogen and oxygen atoms in total. The SMILES string of the molecule is CC(C)C[N+]1(C(N)=O)N=C(C(=O)C[C@H]2CCCC[C@@H]2NC(=O)c2ccccc2)OC1=O. The molecule has 1 aliphatic carbocycles. The molecule has 1 aromatic rings. The fourth-order valence-corrected chi connectivity index (χ4v) is 4.17. The summed E-state index contributed by atoms with van der Waals surface area (Å²) < 4.78 is 4.02. The van der Waals surface area contributed by atoms with Crippen molar-refractivity contribution in [2.24, 2.45) is 22.7 Å². The van der Waals surface area contributed by atoms with Crippen LogP contribution in [0.5, 0.6) is 0 Å². The zero-order valence-electron chi connectivity index (χ0n) is 17.9. The van der Waals surface area contributed by atoms with Gasteiger partial charge < -0.3 is 15.8 Å². The van der Waals surface area contributed by atoms with Crippen LogP contribution in [0, 0.1) is 11.8 Å². The maximum Gasteiger partial charge on any atom is 0.560 e. The number of hydrogen-bond acceptors (Lipinski definition) is 6. The monoisotopic (exact) mass is 429 g/mol. The lowest BCUT2D eigenvalue weighted by molar-refractivity contribution is -0.777. The van der Waals surface area contributed by atoms with E-state index >= 15 is 0 Å². The average molecular weight is 429 g/mol. The molecule has 1 aromatic carbocycles. The molecule has 4 amide bonds. The third-order valence-corrected chi connectivity index (χ3v) is 5.69. The van der Waals surface area contributed by atoms with Gasteiger partial charge in [0.2, 0.25) is 5.78 Å². The molecule has 1 unspecified atom stereocenters. The largest absolute Gasteiger partial charge is 0.560 e. The minimum absolute atomic E-state index is 0.0180. The number of rotatable bonds is 7. The number of ether oxygens (including phenoxy) is 1. The zero-order valence-corrected chi connectivity index (χ0v) is 17.9. The first kappa shape index (κ1) is 22.6. The summed E-state index contributed by atoms with van der Waals surface area (Å²) in [5, 5.41) is 7.04. The number of benzene rings is 1. The molecule has 0 bridgehead atoms. The molecule has 0 spiro atoms. The van der Waals surface area contributed by atoms with E-state index in [-0.39, 0.29) is 42.6 Å². The molecule has 0 aromatic heterocycles. The molecule has 0 saturated heterocycles. The number of carbonyl (C=O) groups excluding carboxylic acids is 4. The van der Waals surface area contributed by atoms with Crippen LogP contribution in [0.3, 0.4) is 0 Å². The Balaban J connectivity index is 1.72. The van der Waals surface area contributed by atoms with E-state index in [1.807, 2.05) is 19.9 Å². The Bertz CT molecular complexity index is 898. The number of nitrogens with one attached hydrogen (secondary N) is 1. The van der Waals surface area contributed by atoms with Gasteiger partial charge in [-0.05, 0) is 40.6 Å². The number of carbonyl (C=O) groups is 4. The van der Waals surface area contributed by atoms with E-state index in [2.05, 4.69) is 10.4 Å². The quantitative estimate of drug-likeness (QED) is 0.644. The average Bonchev–Trinajstić information content (AvgIpc) is 3.07. The number of hydrogen-bond donors (Lipinski definition) is 2. The second-order valence-corrected chi connectivity index (χ2v) is 8.58. The molecule has 0 radical (unpaired) electrons. The third-order valence-electron chi connectivity index (χ3n) is 5.69. The molecule has 3 rings (SSSR count). The van der Waals surface area contributed by atoms with Gasteiger partial charge >= 0.3 is 18.0 Å². The first-order valence-corrected chi connectivity index (χ1v) is 10.6. The Kier molecular flexibility index (Phi) is 6.84. The Morgan fingerprint density at radius 3 is 2.52 bits per heavy atom. The lowest BCUT2D eigenvalue weighted by Crippen LogP contribution is -2.54. The van der Waals surface area contributed by atoms with Gasteiger partial charge in [0.05, 0.1) is 0 Å². The molecule has 9 heteroatoms. The molecule has 3 atom stereocenters. The molecular formula is C22H29N4O5+. The van der Waals surface area contributed by atoms with Crippen LogP contribution >= 0.6 is 0 Å². The molecule has 1 heterocycles. The minimum atomic E-state index is -1.06. The summed E-state index contributed by atoms with van der Waals surface area (Å²) in [6.45, 7) is 3.64. The van der Waals surface area contributed by atoms with Crippen LogP contribution in [0.2, 0.25) is 0 Å². The molecule has 1 fully saturated rings. The predicted molar refractivity (Wildman–Crippen MR) is 113 cm³/mol. The summed E-state index contributed by atoms with van der Waals surface area (Å²) >= 11 is 0. The number of quaternary nitrogens is 1. The van der Waals surface area contributed by atoms with Gasteiger partial charge in [-0.25, -0.2) is 4.79 Å². The third kappa shape index (κ3) is 4.99. The Morgan fingerprint density at radius 1 is 1.19 bits per heavy atom. The number of amides is 4. The van der Waals surface area contributed by atoms with Crippen molar-refractivity contribution >= 4 is 29.7 Å². The van der Waals surface area contributed by atoms with E-state index in [0.29, 0.717) is 5.56 Å². The van der Waals surface area contributed by atoms with E-state index in [4.69, 9.17) is 10.5 Å². The van der Waals surface area contributed by atoms with Gasteiger partial charge in [0, 0.05) is 23.9 Å². The normalized spacial score (nSPS) is 25.6. The van der Waals surface area contributed by atoms with Crippen LogP contribution in [0.25, 0.3) is 0 Å². The van der Waals surface area contributed by atoms with E-state index < -0.39 is 22.5 Å². The van der Waals surface area contributed by atoms with Crippen molar-refractivity contribution in [3.63, 3.8) is 0 Å². The van der Waals surface area contributed by atoms with Crippen molar-refractivity contribution in [2.75, 3.05) is 6.54 Å². The van der Waals surface area contributed by atoms with E-state index in [1.54, 1.807) is 24.3 Å². The van der Waals surface area contributed by atoms with E-state index in [9.17, 15) is 19.2 Å². The van der Waals surface area contributed by atoms with E-state index in [1.165, 1.54) is 0 Å². The summed E-state index contributed by atoms with van der Waals surface area (Å²) in [6.07, 6.45) is 2.52. The van der Waals surface area contributed by atoms with Crippen LogP contribution in [-0.2, 0) is 9.53 Å². The van der Waals surface area contributed by atoms with Crippen molar-refractivity contribution in [1.82, 2.24) is 5.32 Å². The highest BCUT2D eigenvalue weighted by Gasteiger charge is 2.55. The molecule has 2 aliphatic rings. The number of ketones is 1. The molecule has 1 saturated carbocycles. The minimum Gasteiger partial charge on any atom is -0.350 e. The highest BCUT2D eigenvalue weighted by atomic mass is 16.6. The number of primary amides is 1. The summed E-state index contributed by atoms with van der Waals surface area (Å²) in [6, 6.07) is 7.75. The van der Waals surface area contributed by atoms with Gasteiger partial charge in [0.25, 0.3) is 5.91 Å². The Labute approximate surface area is 181 Å².